The fraction of sp³-hybridized carbons (Fsp3) is 0.562. The van der Waals surface area contributed by atoms with Crippen molar-refractivity contribution in [3.63, 3.8) is 0 Å². The highest BCUT2D eigenvalue weighted by atomic mass is 32.2. The summed E-state index contributed by atoms with van der Waals surface area (Å²) in [4.78, 5) is 14.6. The first-order chi connectivity index (χ1) is 9.69. The highest BCUT2D eigenvalue weighted by Gasteiger charge is 2.39. The molecule has 110 valence electrons. The second-order valence-corrected chi connectivity index (χ2v) is 6.52. The van der Waals surface area contributed by atoms with Gasteiger partial charge in [0.15, 0.2) is 0 Å². The second-order valence-electron chi connectivity index (χ2n) is 5.23. The number of aryl methyl sites for hydroxylation is 1. The summed E-state index contributed by atoms with van der Waals surface area (Å²) in [6.45, 7) is 6.01. The zero-order chi connectivity index (χ0) is 14.5. The Hall–Kier alpha value is -1.00. The minimum absolute atomic E-state index is 0.120. The highest BCUT2D eigenvalue weighted by Crippen LogP contribution is 2.44. The van der Waals surface area contributed by atoms with E-state index < -0.39 is 0 Å². The summed E-state index contributed by atoms with van der Waals surface area (Å²) in [5, 5.41) is 3.46. The van der Waals surface area contributed by atoms with E-state index in [0.717, 1.165) is 25.9 Å². The van der Waals surface area contributed by atoms with Gasteiger partial charge in [-0.05, 0) is 44.5 Å². The lowest BCUT2D eigenvalue weighted by atomic mass is 10.1. The Bertz CT molecular complexity index is 464. The van der Waals surface area contributed by atoms with Crippen LogP contribution >= 0.6 is 11.8 Å². The summed E-state index contributed by atoms with van der Waals surface area (Å²) in [6, 6.07) is 8.41. The monoisotopic (exact) mass is 292 g/mol. The van der Waals surface area contributed by atoms with E-state index in [0.29, 0.717) is 5.91 Å². The number of nitrogens with one attached hydrogen (secondary N) is 1. The third-order valence-corrected chi connectivity index (χ3v) is 5.42. The lowest BCUT2D eigenvalue weighted by Gasteiger charge is -2.25. The van der Waals surface area contributed by atoms with Crippen molar-refractivity contribution in [2.24, 2.45) is 0 Å². The van der Waals surface area contributed by atoms with Gasteiger partial charge in [0.05, 0.1) is 5.25 Å². The van der Waals surface area contributed by atoms with Gasteiger partial charge in [-0.25, -0.2) is 0 Å². The molecule has 3 nitrogen and oxygen atoms in total. The highest BCUT2D eigenvalue weighted by molar-refractivity contribution is 8.01. The van der Waals surface area contributed by atoms with Gasteiger partial charge in [-0.1, -0.05) is 31.2 Å². The Morgan fingerprint density at radius 2 is 2.10 bits per heavy atom. The van der Waals surface area contributed by atoms with Gasteiger partial charge in [0, 0.05) is 6.54 Å². The van der Waals surface area contributed by atoms with E-state index in [4.69, 9.17) is 0 Å². The van der Waals surface area contributed by atoms with E-state index in [9.17, 15) is 4.79 Å². The first kappa shape index (κ1) is 15.4. The Kier molecular flexibility index (Phi) is 5.49. The van der Waals surface area contributed by atoms with E-state index in [1.54, 1.807) is 0 Å². The summed E-state index contributed by atoms with van der Waals surface area (Å²) in [5.74, 6) is 0.307. The van der Waals surface area contributed by atoms with Gasteiger partial charge in [0.1, 0.15) is 5.37 Å². The molecule has 0 bridgehead atoms. The van der Waals surface area contributed by atoms with Gasteiger partial charge in [-0.3, -0.25) is 4.79 Å². The Balaban J connectivity index is 2.20. The fourth-order valence-electron chi connectivity index (χ4n) is 2.62. The number of nitrogens with zero attached hydrogens (tertiary/aromatic N) is 1. The van der Waals surface area contributed by atoms with Crippen molar-refractivity contribution in [3.05, 3.63) is 35.4 Å². The zero-order valence-corrected chi connectivity index (χ0v) is 13.4. The van der Waals surface area contributed by atoms with Crippen LogP contribution in [0.2, 0.25) is 0 Å². The summed E-state index contributed by atoms with van der Waals surface area (Å²) in [7, 11) is 1.95. The van der Waals surface area contributed by atoms with Crippen molar-refractivity contribution in [2.75, 3.05) is 20.1 Å². The van der Waals surface area contributed by atoms with Crippen LogP contribution in [-0.4, -0.2) is 36.2 Å². The molecular formula is C16H24N2OS. The minimum atomic E-state index is 0.120. The summed E-state index contributed by atoms with van der Waals surface area (Å²) in [6.07, 6.45) is 1.91. The van der Waals surface area contributed by atoms with Crippen LogP contribution in [0.15, 0.2) is 24.3 Å². The molecule has 1 aliphatic rings. The quantitative estimate of drug-likeness (QED) is 0.818. The Labute approximate surface area is 126 Å². The van der Waals surface area contributed by atoms with Crippen LogP contribution in [0.3, 0.4) is 0 Å². The first-order valence-corrected chi connectivity index (χ1v) is 8.29. The average Bonchev–Trinajstić information content (AvgIpc) is 2.77. The Morgan fingerprint density at radius 1 is 1.35 bits per heavy atom. The molecule has 0 saturated carbocycles. The van der Waals surface area contributed by atoms with Gasteiger partial charge in [0.2, 0.25) is 5.91 Å². The standard InChI is InChI=1S/C16H24N2OS/c1-4-14-15(19)18(11-7-10-17-3)16(20-14)13-9-6-5-8-12(13)2/h5-6,8-9,14,16-17H,4,7,10-11H2,1-3H3. The van der Waals surface area contributed by atoms with Crippen LogP contribution in [0, 0.1) is 6.92 Å². The molecule has 4 heteroatoms. The molecule has 1 fully saturated rings. The topological polar surface area (TPSA) is 32.3 Å². The second kappa shape index (κ2) is 7.14. The molecule has 1 N–H and O–H groups in total. The van der Waals surface area contributed by atoms with E-state index in [-0.39, 0.29) is 10.6 Å². The molecule has 2 atom stereocenters. The fourth-order valence-corrected chi connectivity index (χ4v) is 4.14. The number of carbonyl (C=O) groups excluding carboxylic acids is 1. The van der Waals surface area contributed by atoms with Gasteiger partial charge >= 0.3 is 0 Å². The molecule has 0 aliphatic carbocycles. The van der Waals surface area contributed by atoms with Crippen LogP contribution in [-0.2, 0) is 4.79 Å². The van der Waals surface area contributed by atoms with Crippen molar-refractivity contribution in [1.82, 2.24) is 10.2 Å². The van der Waals surface area contributed by atoms with Crippen LogP contribution in [0.25, 0.3) is 0 Å². The number of thioether (sulfide) groups is 1. The molecule has 20 heavy (non-hydrogen) atoms. The normalized spacial score (nSPS) is 22.6. The molecule has 0 spiro atoms. The predicted molar refractivity (Wildman–Crippen MR) is 85.8 cm³/mol. The van der Waals surface area contributed by atoms with E-state index >= 15 is 0 Å². The molecule has 2 unspecified atom stereocenters. The smallest absolute Gasteiger partial charge is 0.236 e. The van der Waals surface area contributed by atoms with Gasteiger partial charge in [-0.2, -0.15) is 0 Å². The minimum Gasteiger partial charge on any atom is -0.326 e. The van der Waals surface area contributed by atoms with Crippen molar-refractivity contribution in [2.45, 2.75) is 37.3 Å². The molecule has 1 amide bonds. The SMILES string of the molecule is CCC1SC(c2ccccc2C)N(CCCNC)C1=O. The largest absolute Gasteiger partial charge is 0.326 e. The summed E-state index contributed by atoms with van der Waals surface area (Å²) in [5.41, 5.74) is 2.56. The van der Waals surface area contributed by atoms with Crippen molar-refractivity contribution in [1.29, 1.82) is 0 Å². The van der Waals surface area contributed by atoms with Gasteiger partial charge in [0.25, 0.3) is 0 Å². The number of hydrogen-bond acceptors (Lipinski definition) is 3. The summed E-state index contributed by atoms with van der Waals surface area (Å²) >= 11 is 1.81. The van der Waals surface area contributed by atoms with Crippen LogP contribution in [0.1, 0.15) is 36.3 Å². The molecule has 1 aromatic rings. The molecule has 2 rings (SSSR count). The van der Waals surface area contributed by atoms with E-state index in [1.807, 2.05) is 18.8 Å². The first-order valence-electron chi connectivity index (χ1n) is 7.35. The maximum absolute atomic E-state index is 12.5. The third-order valence-electron chi connectivity index (χ3n) is 3.79. The zero-order valence-electron chi connectivity index (χ0n) is 12.6. The third kappa shape index (κ3) is 3.18. The molecule has 1 aromatic carbocycles. The molecule has 1 heterocycles. The van der Waals surface area contributed by atoms with Crippen molar-refractivity contribution >= 4 is 17.7 Å². The van der Waals surface area contributed by atoms with E-state index in [1.165, 1.54) is 11.1 Å². The number of benzene rings is 1. The molecule has 1 aliphatic heterocycles. The maximum Gasteiger partial charge on any atom is 0.236 e. The lowest BCUT2D eigenvalue weighted by Crippen LogP contribution is -2.33. The molecule has 0 aromatic heterocycles. The van der Waals surface area contributed by atoms with Crippen molar-refractivity contribution < 1.29 is 4.79 Å². The number of hydrogen-bond donors (Lipinski definition) is 1. The molecular weight excluding hydrogens is 268 g/mol. The Morgan fingerprint density at radius 3 is 2.75 bits per heavy atom. The maximum atomic E-state index is 12.5. The number of carbonyl (C=O) groups is 1. The van der Waals surface area contributed by atoms with Crippen molar-refractivity contribution in [3.8, 4) is 0 Å². The van der Waals surface area contributed by atoms with Gasteiger partial charge in [-0.15, -0.1) is 11.8 Å². The molecule has 1 saturated heterocycles. The van der Waals surface area contributed by atoms with Crippen LogP contribution in [0.4, 0.5) is 0 Å². The van der Waals surface area contributed by atoms with E-state index in [2.05, 4.69) is 48.3 Å². The molecule has 0 radical (unpaired) electrons. The predicted octanol–water partition coefficient (Wildman–Crippen LogP) is 2.96. The average molecular weight is 292 g/mol. The number of amides is 1. The number of rotatable bonds is 6. The van der Waals surface area contributed by atoms with Crippen LogP contribution < -0.4 is 5.32 Å². The lowest BCUT2D eigenvalue weighted by molar-refractivity contribution is -0.130. The van der Waals surface area contributed by atoms with Crippen LogP contribution in [0.5, 0.6) is 0 Å². The van der Waals surface area contributed by atoms with Gasteiger partial charge < -0.3 is 10.2 Å². The summed E-state index contributed by atoms with van der Waals surface area (Å²) < 4.78 is 0.